The van der Waals surface area contributed by atoms with Crippen molar-refractivity contribution in [2.24, 2.45) is 0 Å². The van der Waals surface area contributed by atoms with Gasteiger partial charge in [-0.25, -0.2) is 4.21 Å². The van der Waals surface area contributed by atoms with Gasteiger partial charge in [-0.15, -0.1) is 10.2 Å². The van der Waals surface area contributed by atoms with Crippen LogP contribution in [-0.4, -0.2) is 24.9 Å². The van der Waals surface area contributed by atoms with Gasteiger partial charge < -0.3 is 14.2 Å². The lowest BCUT2D eigenvalue weighted by Crippen LogP contribution is -2.12. The third kappa shape index (κ3) is 4.39. The molecule has 0 aliphatic carbocycles. The summed E-state index contributed by atoms with van der Waals surface area (Å²) in [7, 11) is 0. The van der Waals surface area contributed by atoms with Crippen LogP contribution in [0.15, 0.2) is 75.8 Å². The summed E-state index contributed by atoms with van der Waals surface area (Å²) in [4.78, 5) is 12.5. The van der Waals surface area contributed by atoms with E-state index in [9.17, 15) is 9.00 Å². The fraction of sp³-hybridized carbons (Fsp3) is 0. The van der Waals surface area contributed by atoms with Crippen LogP contribution < -0.4 is 10.0 Å². The molecule has 0 bridgehead atoms. The Bertz CT molecular complexity index is 1170. The first-order chi connectivity index (χ1) is 14.1. The van der Waals surface area contributed by atoms with Gasteiger partial charge >= 0.3 is 0 Å². The molecule has 29 heavy (non-hydrogen) atoms. The van der Waals surface area contributed by atoms with E-state index in [1.807, 2.05) is 0 Å². The lowest BCUT2D eigenvalue weighted by Gasteiger charge is -2.08. The van der Waals surface area contributed by atoms with Crippen molar-refractivity contribution in [3.63, 3.8) is 0 Å². The van der Waals surface area contributed by atoms with Crippen molar-refractivity contribution in [2.75, 3.05) is 10.0 Å². The number of amides is 1. The fourth-order valence-corrected chi connectivity index (χ4v) is 2.93. The Morgan fingerprint density at radius 1 is 0.966 bits per heavy atom. The number of hydrogen-bond donors (Lipinski definition) is 3. The molecule has 9 nitrogen and oxygen atoms in total. The minimum absolute atomic E-state index is 0.255. The number of nitrogens with one attached hydrogen (secondary N) is 2. The molecular weight excluding hydrogens is 396 g/mol. The van der Waals surface area contributed by atoms with Gasteiger partial charge in [-0.2, -0.15) is 0 Å². The standard InChI is InChI=1S/C19H14N4O5S/c24-17(12-4-1-7-15(10-12)23-29(25)26)20-14-6-2-5-13(11-14)18-21-22-19(28-18)16-8-3-9-27-16/h1-11,23H,(H,20,24)(H,25,26). The van der Waals surface area contributed by atoms with Crippen LogP contribution in [-0.2, 0) is 11.3 Å². The molecule has 0 saturated carbocycles. The van der Waals surface area contributed by atoms with Gasteiger partial charge in [0.25, 0.3) is 23.1 Å². The molecule has 0 aliphatic heterocycles. The van der Waals surface area contributed by atoms with Crippen LogP contribution in [0, 0.1) is 0 Å². The summed E-state index contributed by atoms with van der Waals surface area (Å²) in [5.74, 6) is 0.621. The Balaban J connectivity index is 1.52. The van der Waals surface area contributed by atoms with Gasteiger partial charge in [0.05, 0.1) is 6.26 Å². The van der Waals surface area contributed by atoms with Crippen LogP contribution in [0.3, 0.4) is 0 Å². The number of rotatable bonds is 6. The highest BCUT2D eigenvalue weighted by Gasteiger charge is 2.14. The van der Waals surface area contributed by atoms with E-state index in [4.69, 9.17) is 13.4 Å². The SMILES string of the molecule is O=C(Nc1cccc(-c2nnc(-c3ccco3)o2)c1)c1cccc(NS(=O)O)c1. The van der Waals surface area contributed by atoms with Crippen LogP contribution in [0.1, 0.15) is 10.4 Å². The van der Waals surface area contributed by atoms with Gasteiger partial charge in [-0.1, -0.05) is 12.1 Å². The highest BCUT2D eigenvalue weighted by Crippen LogP contribution is 2.26. The molecule has 1 atom stereocenters. The minimum Gasteiger partial charge on any atom is -0.459 e. The lowest BCUT2D eigenvalue weighted by molar-refractivity contribution is 0.102. The number of benzene rings is 2. The number of carbonyl (C=O) groups is 1. The topological polar surface area (TPSA) is 130 Å². The molecule has 10 heteroatoms. The van der Waals surface area contributed by atoms with Crippen LogP contribution in [0.25, 0.3) is 23.1 Å². The van der Waals surface area contributed by atoms with Gasteiger partial charge in [0, 0.05) is 22.5 Å². The van der Waals surface area contributed by atoms with E-state index >= 15 is 0 Å². The minimum atomic E-state index is -2.22. The summed E-state index contributed by atoms with van der Waals surface area (Å²) < 4.78 is 32.9. The van der Waals surface area contributed by atoms with Crippen molar-refractivity contribution < 1.29 is 22.4 Å². The highest BCUT2D eigenvalue weighted by atomic mass is 32.2. The van der Waals surface area contributed by atoms with Crippen molar-refractivity contribution in [1.29, 1.82) is 0 Å². The number of furan rings is 1. The first-order valence-electron chi connectivity index (χ1n) is 8.35. The second-order valence-corrected chi connectivity index (χ2v) is 6.56. The third-order valence-electron chi connectivity index (χ3n) is 3.85. The van der Waals surface area contributed by atoms with Gasteiger partial charge in [0.15, 0.2) is 5.76 Å². The molecule has 2 aromatic heterocycles. The molecule has 146 valence electrons. The Kier molecular flexibility index (Phi) is 5.18. The van der Waals surface area contributed by atoms with Gasteiger partial charge in [-0.3, -0.25) is 14.1 Å². The summed E-state index contributed by atoms with van der Waals surface area (Å²) in [5.41, 5.74) is 1.82. The maximum Gasteiger partial charge on any atom is 0.283 e. The zero-order chi connectivity index (χ0) is 20.2. The maximum absolute atomic E-state index is 12.5. The van der Waals surface area contributed by atoms with E-state index in [1.165, 1.54) is 12.3 Å². The molecule has 0 spiro atoms. The van der Waals surface area contributed by atoms with Crippen molar-refractivity contribution in [2.45, 2.75) is 0 Å². The van der Waals surface area contributed by atoms with E-state index in [0.717, 1.165) is 0 Å². The number of anilines is 2. The summed E-state index contributed by atoms with van der Waals surface area (Å²) >= 11 is -2.22. The molecule has 4 rings (SSSR count). The van der Waals surface area contributed by atoms with E-state index < -0.39 is 11.3 Å². The number of carbonyl (C=O) groups excluding carboxylic acids is 1. The van der Waals surface area contributed by atoms with Gasteiger partial charge in [0.1, 0.15) is 0 Å². The Hall–Kier alpha value is -3.76. The van der Waals surface area contributed by atoms with Gasteiger partial charge in [-0.05, 0) is 48.5 Å². The smallest absolute Gasteiger partial charge is 0.283 e. The molecule has 0 fully saturated rings. The van der Waals surface area contributed by atoms with Crippen molar-refractivity contribution in [1.82, 2.24) is 10.2 Å². The normalized spacial score (nSPS) is 11.8. The van der Waals surface area contributed by atoms with E-state index in [2.05, 4.69) is 20.2 Å². The lowest BCUT2D eigenvalue weighted by atomic mass is 10.1. The van der Waals surface area contributed by atoms with E-state index in [0.29, 0.717) is 28.3 Å². The molecule has 1 unspecified atom stereocenters. The Morgan fingerprint density at radius 2 is 1.76 bits per heavy atom. The quantitative estimate of drug-likeness (QED) is 0.412. The molecule has 1 amide bonds. The summed E-state index contributed by atoms with van der Waals surface area (Å²) in [6.07, 6.45) is 1.51. The van der Waals surface area contributed by atoms with Crippen LogP contribution in [0.5, 0.6) is 0 Å². The van der Waals surface area contributed by atoms with E-state index in [-0.39, 0.29) is 17.7 Å². The Morgan fingerprint density at radius 3 is 2.55 bits per heavy atom. The fourth-order valence-electron chi connectivity index (χ4n) is 2.60. The largest absolute Gasteiger partial charge is 0.459 e. The summed E-state index contributed by atoms with van der Waals surface area (Å²) in [6, 6.07) is 16.6. The van der Waals surface area contributed by atoms with Crippen molar-refractivity contribution >= 4 is 28.5 Å². The molecule has 0 aliphatic rings. The predicted octanol–water partition coefficient (Wildman–Crippen LogP) is 3.80. The monoisotopic (exact) mass is 410 g/mol. The van der Waals surface area contributed by atoms with Crippen LogP contribution >= 0.6 is 0 Å². The maximum atomic E-state index is 12.5. The van der Waals surface area contributed by atoms with Crippen molar-refractivity contribution in [3.05, 3.63) is 72.5 Å². The number of aromatic nitrogens is 2. The first kappa shape index (κ1) is 18.6. The molecule has 0 radical (unpaired) electrons. The zero-order valence-electron chi connectivity index (χ0n) is 14.7. The van der Waals surface area contributed by atoms with Crippen LogP contribution in [0.2, 0.25) is 0 Å². The summed E-state index contributed by atoms with van der Waals surface area (Å²) in [5, 5.41) is 10.7. The van der Waals surface area contributed by atoms with Crippen molar-refractivity contribution in [3.8, 4) is 23.1 Å². The average Bonchev–Trinajstić information content (AvgIpc) is 3.40. The molecule has 2 aromatic carbocycles. The Labute approximate surface area is 167 Å². The summed E-state index contributed by atoms with van der Waals surface area (Å²) in [6.45, 7) is 0. The molecule has 0 saturated heterocycles. The molecule has 3 N–H and O–H groups in total. The average molecular weight is 410 g/mol. The second kappa shape index (κ2) is 8.09. The molecular formula is C19H14N4O5S. The zero-order valence-corrected chi connectivity index (χ0v) is 15.6. The number of nitrogens with zero attached hydrogens (tertiary/aromatic N) is 2. The number of hydrogen-bond acceptors (Lipinski definition) is 6. The molecule has 4 aromatic rings. The second-order valence-electron chi connectivity index (χ2n) is 5.86. The van der Waals surface area contributed by atoms with E-state index in [1.54, 1.807) is 54.6 Å². The van der Waals surface area contributed by atoms with Gasteiger partial charge in [0.2, 0.25) is 5.89 Å². The predicted molar refractivity (Wildman–Crippen MR) is 106 cm³/mol. The first-order valence-corrected chi connectivity index (χ1v) is 9.46. The third-order valence-corrected chi connectivity index (χ3v) is 4.26. The molecule has 2 heterocycles. The van der Waals surface area contributed by atoms with Crippen LogP contribution in [0.4, 0.5) is 11.4 Å². The highest BCUT2D eigenvalue weighted by molar-refractivity contribution is 7.80.